The van der Waals surface area contributed by atoms with Crippen LogP contribution in [-0.4, -0.2) is 24.8 Å². The number of para-hydroxylation sites is 1. The van der Waals surface area contributed by atoms with E-state index in [4.69, 9.17) is 0 Å². The van der Waals surface area contributed by atoms with Crippen LogP contribution < -0.4 is 16.4 Å². The number of fused-ring (bicyclic) bond motifs is 2. The number of hydrazine groups is 1. The number of carbonyl (C=O) groups excluding carboxylic acids is 1. The first kappa shape index (κ1) is 15.8. The number of aromatic nitrogens is 4. The molecule has 2 N–H and O–H groups in total. The van der Waals surface area contributed by atoms with Crippen molar-refractivity contribution in [1.29, 1.82) is 0 Å². The van der Waals surface area contributed by atoms with Crippen molar-refractivity contribution >= 4 is 28.4 Å². The van der Waals surface area contributed by atoms with E-state index < -0.39 is 5.91 Å². The van der Waals surface area contributed by atoms with Crippen molar-refractivity contribution in [2.24, 2.45) is 0 Å². The molecule has 0 atom stereocenters. The van der Waals surface area contributed by atoms with Crippen molar-refractivity contribution < 1.29 is 4.79 Å². The highest BCUT2D eigenvalue weighted by atomic mass is 16.2. The van der Waals surface area contributed by atoms with Crippen molar-refractivity contribution in [2.75, 3.05) is 5.43 Å². The lowest BCUT2D eigenvalue weighted by atomic mass is 10.2. The zero-order valence-corrected chi connectivity index (χ0v) is 14.0. The summed E-state index contributed by atoms with van der Waals surface area (Å²) in [7, 11) is 0. The van der Waals surface area contributed by atoms with Crippen LogP contribution in [0.2, 0.25) is 0 Å². The highest BCUT2D eigenvalue weighted by Crippen LogP contribution is 2.11. The molecule has 0 aliphatic carbocycles. The lowest BCUT2D eigenvalue weighted by molar-refractivity contribution is 0.0957. The van der Waals surface area contributed by atoms with Crippen molar-refractivity contribution in [3.63, 3.8) is 0 Å². The summed E-state index contributed by atoms with van der Waals surface area (Å²) in [5.41, 5.74) is 6.63. The quantitative estimate of drug-likeness (QED) is 0.549. The van der Waals surface area contributed by atoms with Crippen LogP contribution in [0.5, 0.6) is 0 Å². The predicted octanol–water partition coefficient (Wildman–Crippen LogP) is 1.82. The van der Waals surface area contributed by atoms with Crippen LogP contribution in [0.3, 0.4) is 0 Å². The van der Waals surface area contributed by atoms with Crippen LogP contribution in [0.15, 0.2) is 59.7 Å². The number of benzene rings is 1. The second-order valence-corrected chi connectivity index (χ2v) is 5.67. The summed E-state index contributed by atoms with van der Waals surface area (Å²) < 4.78 is 3.22. The minimum atomic E-state index is -0.418. The molecule has 0 spiro atoms. The molecule has 0 radical (unpaired) electrons. The van der Waals surface area contributed by atoms with E-state index in [0.29, 0.717) is 23.1 Å². The number of pyridine rings is 1. The molecule has 3 heterocycles. The first-order valence-corrected chi connectivity index (χ1v) is 8.17. The van der Waals surface area contributed by atoms with Gasteiger partial charge >= 0.3 is 0 Å². The Morgan fingerprint density at radius 2 is 1.92 bits per heavy atom. The summed E-state index contributed by atoms with van der Waals surface area (Å²) in [5.74, 6) is -0.146. The third-order valence-corrected chi connectivity index (χ3v) is 4.06. The fourth-order valence-corrected chi connectivity index (χ4v) is 2.78. The van der Waals surface area contributed by atoms with Crippen molar-refractivity contribution in [2.45, 2.75) is 13.5 Å². The highest BCUT2D eigenvalue weighted by molar-refractivity contribution is 5.93. The molecule has 0 unspecified atom stereocenters. The van der Waals surface area contributed by atoms with Gasteiger partial charge < -0.3 is 4.40 Å². The van der Waals surface area contributed by atoms with Crippen LogP contribution in [0, 0.1) is 0 Å². The van der Waals surface area contributed by atoms with Crippen molar-refractivity contribution in [1.82, 2.24) is 24.4 Å². The Labute approximate surface area is 148 Å². The first-order valence-electron chi connectivity index (χ1n) is 8.17. The maximum absolute atomic E-state index is 12.6. The minimum Gasteiger partial charge on any atom is -0.306 e. The Bertz CT molecular complexity index is 1140. The Morgan fingerprint density at radius 3 is 2.73 bits per heavy atom. The molecule has 0 saturated carbocycles. The molecule has 1 amide bonds. The standard InChI is InChI=1S/C18H16N6O2/c1-2-24-17(26)12-7-3-4-8-13(12)20-18(24)22-21-16(25)14-11-23-10-6-5-9-15(23)19-14/h3-11H,2H2,1H3,(H,20,22)(H,21,25). The number of hydrogen-bond acceptors (Lipinski definition) is 5. The van der Waals surface area contributed by atoms with Gasteiger partial charge in [0.15, 0.2) is 0 Å². The summed E-state index contributed by atoms with van der Waals surface area (Å²) in [5, 5.41) is 0.534. The maximum Gasteiger partial charge on any atom is 0.289 e. The van der Waals surface area contributed by atoms with Gasteiger partial charge in [-0.2, -0.15) is 0 Å². The predicted molar refractivity (Wildman–Crippen MR) is 98.0 cm³/mol. The second-order valence-electron chi connectivity index (χ2n) is 5.67. The van der Waals surface area contributed by atoms with Gasteiger partial charge in [0.25, 0.3) is 11.5 Å². The van der Waals surface area contributed by atoms with Gasteiger partial charge in [0, 0.05) is 18.9 Å². The van der Waals surface area contributed by atoms with E-state index in [1.165, 1.54) is 4.57 Å². The Morgan fingerprint density at radius 1 is 1.12 bits per heavy atom. The molecule has 0 aliphatic rings. The molecule has 0 bridgehead atoms. The van der Waals surface area contributed by atoms with E-state index in [-0.39, 0.29) is 17.2 Å². The van der Waals surface area contributed by atoms with Gasteiger partial charge in [-0.3, -0.25) is 25.0 Å². The average Bonchev–Trinajstić information content (AvgIpc) is 3.10. The molecule has 0 fully saturated rings. The summed E-state index contributed by atoms with van der Waals surface area (Å²) in [6, 6.07) is 12.6. The van der Waals surface area contributed by atoms with E-state index >= 15 is 0 Å². The van der Waals surface area contributed by atoms with Gasteiger partial charge in [0.2, 0.25) is 5.95 Å². The van der Waals surface area contributed by atoms with E-state index in [9.17, 15) is 9.59 Å². The summed E-state index contributed by atoms with van der Waals surface area (Å²) >= 11 is 0. The molecule has 0 aliphatic heterocycles. The number of rotatable bonds is 4. The fraction of sp³-hybridized carbons (Fsp3) is 0.111. The third-order valence-electron chi connectivity index (χ3n) is 4.06. The molecule has 130 valence electrons. The highest BCUT2D eigenvalue weighted by Gasteiger charge is 2.13. The SMILES string of the molecule is CCn1c(NNC(=O)c2cn3ccccc3n2)nc2ccccc2c1=O. The van der Waals surface area contributed by atoms with E-state index in [1.807, 2.05) is 37.4 Å². The van der Waals surface area contributed by atoms with Gasteiger partial charge in [0.1, 0.15) is 11.3 Å². The monoisotopic (exact) mass is 348 g/mol. The van der Waals surface area contributed by atoms with Gasteiger partial charge in [0.05, 0.1) is 10.9 Å². The van der Waals surface area contributed by atoms with Crippen LogP contribution >= 0.6 is 0 Å². The van der Waals surface area contributed by atoms with Crippen LogP contribution in [0.1, 0.15) is 17.4 Å². The summed E-state index contributed by atoms with van der Waals surface area (Å²) in [6.45, 7) is 2.26. The lowest BCUT2D eigenvalue weighted by Crippen LogP contribution is -2.34. The Hall–Kier alpha value is -3.68. The van der Waals surface area contributed by atoms with E-state index in [2.05, 4.69) is 20.8 Å². The smallest absolute Gasteiger partial charge is 0.289 e. The molecular formula is C18H16N6O2. The number of nitrogens with one attached hydrogen (secondary N) is 2. The minimum absolute atomic E-state index is 0.164. The van der Waals surface area contributed by atoms with Gasteiger partial charge in [-0.15, -0.1) is 0 Å². The zero-order chi connectivity index (χ0) is 18.1. The average molecular weight is 348 g/mol. The zero-order valence-electron chi connectivity index (χ0n) is 14.0. The molecule has 0 saturated heterocycles. The molecule has 8 heteroatoms. The van der Waals surface area contributed by atoms with Gasteiger partial charge in [-0.1, -0.05) is 18.2 Å². The molecular weight excluding hydrogens is 332 g/mol. The number of amides is 1. The van der Waals surface area contributed by atoms with Crippen molar-refractivity contribution in [3.8, 4) is 0 Å². The molecule has 4 aromatic rings. The maximum atomic E-state index is 12.6. The number of anilines is 1. The largest absolute Gasteiger partial charge is 0.306 e. The molecule has 4 rings (SSSR count). The molecule has 26 heavy (non-hydrogen) atoms. The third kappa shape index (κ3) is 2.67. The number of carbonyl (C=O) groups is 1. The van der Waals surface area contributed by atoms with Crippen LogP contribution in [0.4, 0.5) is 5.95 Å². The summed E-state index contributed by atoms with van der Waals surface area (Å²) in [4.78, 5) is 33.6. The second kappa shape index (κ2) is 6.32. The number of nitrogens with zero attached hydrogens (tertiary/aromatic N) is 4. The Balaban J connectivity index is 1.62. The van der Waals surface area contributed by atoms with Crippen LogP contribution in [-0.2, 0) is 6.54 Å². The topological polar surface area (TPSA) is 93.3 Å². The normalized spacial score (nSPS) is 11.0. The van der Waals surface area contributed by atoms with Gasteiger partial charge in [-0.05, 0) is 31.2 Å². The first-order chi connectivity index (χ1) is 12.7. The number of hydrogen-bond donors (Lipinski definition) is 2. The summed E-state index contributed by atoms with van der Waals surface area (Å²) in [6.07, 6.45) is 3.44. The van der Waals surface area contributed by atoms with Crippen molar-refractivity contribution in [3.05, 3.63) is 70.9 Å². The number of imidazole rings is 1. The van der Waals surface area contributed by atoms with Gasteiger partial charge in [-0.25, -0.2) is 9.97 Å². The molecule has 1 aromatic carbocycles. The van der Waals surface area contributed by atoms with E-state index in [0.717, 1.165) is 0 Å². The lowest BCUT2D eigenvalue weighted by Gasteiger charge is -2.13. The molecule has 3 aromatic heterocycles. The fourth-order valence-electron chi connectivity index (χ4n) is 2.78. The molecule has 8 nitrogen and oxygen atoms in total. The van der Waals surface area contributed by atoms with E-state index in [1.54, 1.807) is 28.8 Å². The Kier molecular flexibility index (Phi) is 3.85. The van der Waals surface area contributed by atoms with Crippen LogP contribution in [0.25, 0.3) is 16.6 Å².